The minimum Gasteiger partial charge on any atom is -0.437 e. The number of ether oxygens (including phenoxy) is 1. The Hall–Kier alpha value is -1.94. The zero-order valence-electron chi connectivity index (χ0n) is 10.9. The molecule has 0 saturated carbocycles. The molecule has 1 aromatic heterocycles. The number of rotatable bonds is 4. The highest BCUT2D eigenvalue weighted by Crippen LogP contribution is 2.23. The van der Waals surface area contributed by atoms with Crippen molar-refractivity contribution in [1.29, 1.82) is 0 Å². The summed E-state index contributed by atoms with van der Waals surface area (Å²) in [6.45, 7) is 4.78. The van der Waals surface area contributed by atoms with E-state index >= 15 is 0 Å². The van der Waals surface area contributed by atoms with Crippen molar-refractivity contribution in [2.45, 2.75) is 20.4 Å². The molecular weight excluding hydrogens is 226 g/mol. The molecule has 0 aliphatic rings. The summed E-state index contributed by atoms with van der Waals surface area (Å²) in [6, 6.07) is 9.79. The van der Waals surface area contributed by atoms with E-state index in [4.69, 9.17) is 4.74 Å². The van der Waals surface area contributed by atoms with Gasteiger partial charge in [0.05, 0.1) is 5.69 Å². The van der Waals surface area contributed by atoms with E-state index in [1.54, 1.807) is 0 Å². The van der Waals surface area contributed by atoms with Crippen LogP contribution in [0.3, 0.4) is 0 Å². The van der Waals surface area contributed by atoms with Crippen LogP contribution in [0.1, 0.15) is 16.8 Å². The summed E-state index contributed by atoms with van der Waals surface area (Å²) >= 11 is 0. The van der Waals surface area contributed by atoms with Crippen LogP contribution in [0.5, 0.6) is 11.6 Å². The first-order chi connectivity index (χ1) is 8.69. The first kappa shape index (κ1) is 12.5. The standard InChI is InChI=1S/C14H17N3O/c1-10-4-6-13(11(2)8-10)18-14-7-5-12(9-15-3)16-17-14/h4-8,15H,9H2,1-3H3. The molecule has 0 unspecified atom stereocenters. The fourth-order valence-electron chi connectivity index (χ4n) is 1.70. The van der Waals surface area contributed by atoms with Gasteiger partial charge in [-0.25, -0.2) is 0 Å². The highest BCUT2D eigenvalue weighted by atomic mass is 16.5. The molecule has 2 rings (SSSR count). The van der Waals surface area contributed by atoms with Gasteiger partial charge in [-0.15, -0.1) is 5.10 Å². The van der Waals surface area contributed by atoms with Crippen molar-refractivity contribution in [3.8, 4) is 11.6 Å². The lowest BCUT2D eigenvalue weighted by molar-refractivity contribution is 0.450. The molecule has 18 heavy (non-hydrogen) atoms. The second-order valence-electron chi connectivity index (χ2n) is 4.26. The predicted octanol–water partition coefficient (Wildman–Crippen LogP) is 2.61. The molecule has 0 saturated heterocycles. The predicted molar refractivity (Wildman–Crippen MR) is 70.8 cm³/mol. The molecule has 4 heteroatoms. The molecule has 0 amide bonds. The lowest BCUT2D eigenvalue weighted by atomic mass is 10.1. The van der Waals surface area contributed by atoms with Gasteiger partial charge in [0.15, 0.2) is 0 Å². The molecule has 0 fully saturated rings. The summed E-state index contributed by atoms with van der Waals surface area (Å²) in [6.07, 6.45) is 0. The third-order valence-corrected chi connectivity index (χ3v) is 2.60. The monoisotopic (exact) mass is 243 g/mol. The van der Waals surface area contributed by atoms with Crippen molar-refractivity contribution < 1.29 is 4.74 Å². The molecule has 0 bridgehead atoms. The smallest absolute Gasteiger partial charge is 0.238 e. The van der Waals surface area contributed by atoms with Crippen LogP contribution in [0, 0.1) is 13.8 Å². The Labute approximate surface area is 107 Å². The SMILES string of the molecule is CNCc1ccc(Oc2ccc(C)cc2C)nn1. The number of nitrogens with zero attached hydrogens (tertiary/aromatic N) is 2. The van der Waals surface area contributed by atoms with E-state index in [0.717, 1.165) is 17.0 Å². The molecule has 1 heterocycles. The van der Waals surface area contributed by atoms with Gasteiger partial charge in [-0.05, 0) is 38.6 Å². The maximum absolute atomic E-state index is 5.70. The summed E-state index contributed by atoms with van der Waals surface area (Å²) in [7, 11) is 1.88. The summed E-state index contributed by atoms with van der Waals surface area (Å²) in [5, 5.41) is 11.1. The molecule has 4 nitrogen and oxygen atoms in total. The van der Waals surface area contributed by atoms with Crippen LogP contribution in [0.15, 0.2) is 30.3 Å². The Morgan fingerprint density at radius 3 is 2.56 bits per heavy atom. The fraction of sp³-hybridized carbons (Fsp3) is 0.286. The molecule has 0 radical (unpaired) electrons. The van der Waals surface area contributed by atoms with Crippen LogP contribution in [-0.2, 0) is 6.54 Å². The average Bonchev–Trinajstić information content (AvgIpc) is 2.35. The molecule has 0 spiro atoms. The summed E-state index contributed by atoms with van der Waals surface area (Å²) in [5.74, 6) is 1.33. The van der Waals surface area contributed by atoms with E-state index in [1.165, 1.54) is 5.56 Å². The number of aromatic nitrogens is 2. The van der Waals surface area contributed by atoms with Gasteiger partial charge in [-0.3, -0.25) is 0 Å². The number of benzene rings is 1. The second kappa shape index (κ2) is 5.60. The van der Waals surface area contributed by atoms with E-state index < -0.39 is 0 Å². The quantitative estimate of drug-likeness (QED) is 0.896. The number of hydrogen-bond donors (Lipinski definition) is 1. The van der Waals surface area contributed by atoms with Gasteiger partial charge in [-0.1, -0.05) is 17.7 Å². The van der Waals surface area contributed by atoms with Crippen molar-refractivity contribution in [2.24, 2.45) is 0 Å². The molecule has 2 aromatic rings. The number of aryl methyl sites for hydroxylation is 2. The Balaban J connectivity index is 2.13. The van der Waals surface area contributed by atoms with E-state index in [1.807, 2.05) is 38.2 Å². The minimum absolute atomic E-state index is 0.516. The van der Waals surface area contributed by atoms with Crippen molar-refractivity contribution in [1.82, 2.24) is 15.5 Å². The van der Waals surface area contributed by atoms with Crippen molar-refractivity contribution >= 4 is 0 Å². The van der Waals surface area contributed by atoms with Gasteiger partial charge in [0.1, 0.15) is 5.75 Å². The molecule has 0 atom stereocenters. The van der Waals surface area contributed by atoms with E-state index in [9.17, 15) is 0 Å². The van der Waals surface area contributed by atoms with Gasteiger partial charge in [-0.2, -0.15) is 5.10 Å². The van der Waals surface area contributed by atoms with Crippen LogP contribution in [0.4, 0.5) is 0 Å². The molecular formula is C14H17N3O. The maximum atomic E-state index is 5.70. The Morgan fingerprint density at radius 1 is 1.11 bits per heavy atom. The first-order valence-electron chi connectivity index (χ1n) is 5.91. The zero-order valence-corrected chi connectivity index (χ0v) is 10.9. The topological polar surface area (TPSA) is 47.0 Å². The Bertz CT molecular complexity index is 523. The fourth-order valence-corrected chi connectivity index (χ4v) is 1.70. The highest BCUT2D eigenvalue weighted by molar-refractivity contribution is 5.37. The number of hydrogen-bond acceptors (Lipinski definition) is 4. The molecule has 0 aliphatic heterocycles. The average molecular weight is 243 g/mol. The second-order valence-corrected chi connectivity index (χ2v) is 4.26. The van der Waals surface area contributed by atoms with Crippen molar-refractivity contribution in [2.75, 3.05) is 7.05 Å². The Morgan fingerprint density at radius 2 is 1.94 bits per heavy atom. The van der Waals surface area contributed by atoms with Gasteiger partial charge >= 0.3 is 0 Å². The molecule has 94 valence electrons. The third kappa shape index (κ3) is 3.05. The number of nitrogens with one attached hydrogen (secondary N) is 1. The molecule has 1 aromatic carbocycles. The van der Waals surface area contributed by atoms with Crippen LogP contribution in [-0.4, -0.2) is 17.2 Å². The minimum atomic E-state index is 0.516. The lowest BCUT2D eigenvalue weighted by Gasteiger charge is -2.08. The van der Waals surface area contributed by atoms with Gasteiger partial charge < -0.3 is 10.1 Å². The maximum Gasteiger partial charge on any atom is 0.238 e. The Kier molecular flexibility index (Phi) is 3.89. The third-order valence-electron chi connectivity index (χ3n) is 2.60. The zero-order chi connectivity index (χ0) is 13.0. The van der Waals surface area contributed by atoms with E-state index in [0.29, 0.717) is 12.4 Å². The van der Waals surface area contributed by atoms with Gasteiger partial charge in [0.2, 0.25) is 5.88 Å². The van der Waals surface area contributed by atoms with Crippen LogP contribution < -0.4 is 10.1 Å². The highest BCUT2D eigenvalue weighted by Gasteiger charge is 2.03. The summed E-state index contributed by atoms with van der Waals surface area (Å²) < 4.78 is 5.70. The summed E-state index contributed by atoms with van der Waals surface area (Å²) in [4.78, 5) is 0. The largest absolute Gasteiger partial charge is 0.437 e. The van der Waals surface area contributed by atoms with Crippen molar-refractivity contribution in [3.63, 3.8) is 0 Å². The van der Waals surface area contributed by atoms with Gasteiger partial charge in [0, 0.05) is 12.6 Å². The normalized spacial score (nSPS) is 10.4. The first-order valence-corrected chi connectivity index (χ1v) is 5.91. The van der Waals surface area contributed by atoms with Crippen molar-refractivity contribution in [3.05, 3.63) is 47.2 Å². The molecule has 0 aliphatic carbocycles. The summed E-state index contributed by atoms with van der Waals surface area (Å²) in [5.41, 5.74) is 3.21. The molecule has 1 N–H and O–H groups in total. The van der Waals surface area contributed by atoms with Crippen LogP contribution in [0.2, 0.25) is 0 Å². The van der Waals surface area contributed by atoms with Crippen LogP contribution >= 0.6 is 0 Å². The van der Waals surface area contributed by atoms with E-state index in [-0.39, 0.29) is 0 Å². The lowest BCUT2D eigenvalue weighted by Crippen LogP contribution is -2.07. The van der Waals surface area contributed by atoms with E-state index in [2.05, 4.69) is 28.5 Å². The van der Waals surface area contributed by atoms with Crippen LogP contribution in [0.25, 0.3) is 0 Å². The van der Waals surface area contributed by atoms with Gasteiger partial charge in [0.25, 0.3) is 0 Å².